The number of benzene rings is 9. The Morgan fingerprint density at radius 3 is 1.64 bits per heavy atom. The molecule has 0 aliphatic carbocycles. The van der Waals surface area contributed by atoms with Crippen LogP contribution < -0.4 is 14.5 Å². The fourth-order valence-electron chi connectivity index (χ4n) is 13.7. The minimum absolute atomic E-state index is 0. The van der Waals surface area contributed by atoms with Crippen LogP contribution in [0.5, 0.6) is 11.5 Å². The van der Waals surface area contributed by atoms with E-state index in [1.807, 2.05) is 29.7 Å². The molecule has 1 aliphatic rings. The first-order chi connectivity index (χ1) is 47.1. The molecule has 12 aromatic rings. The number of fused-ring (bicyclic) bond motifs is 8. The number of para-hydroxylation sites is 2. The molecule has 97 heavy (non-hydrogen) atoms. The van der Waals surface area contributed by atoms with E-state index in [1.165, 1.54) is 48.0 Å². The molecule has 0 saturated carbocycles. The summed E-state index contributed by atoms with van der Waals surface area (Å²) in [5.41, 5.74) is 17.9. The summed E-state index contributed by atoms with van der Waals surface area (Å²) in [6.45, 7) is 51.7. The predicted molar refractivity (Wildman–Crippen MR) is 414 cm³/mol. The summed E-state index contributed by atoms with van der Waals surface area (Å²) in [6, 6.07) is 54.6. The van der Waals surface area contributed by atoms with Crippen molar-refractivity contribution in [3.05, 3.63) is 233 Å². The third-order valence-electron chi connectivity index (χ3n) is 19.4. The quantitative estimate of drug-likeness (QED) is 0.128. The third-order valence-corrected chi connectivity index (χ3v) is 20.7. The fourth-order valence-corrected chi connectivity index (χ4v) is 15.3. The van der Waals surface area contributed by atoms with Crippen LogP contribution in [0.15, 0.2) is 170 Å². The zero-order valence-electron chi connectivity index (χ0n) is 65.9. The zero-order valence-corrected chi connectivity index (χ0v) is 64.0. The number of rotatable bonds is 10. The molecule has 0 saturated heterocycles. The second-order valence-corrected chi connectivity index (χ2v) is 34.6. The van der Waals surface area contributed by atoms with Crippen LogP contribution in [0.2, 0.25) is 0 Å². The SMILES string of the molecule is [2H]c1c([2H])c([2H])c(-c2cc(C(C)(C)C)cc(-c3cc(C(C)(C)C)cc(C(C)(C)C)c3)c2N2[CH-]N(c3[c-]c(Oc4[c-]c5c(cc4)c4c6sc7c(C(C)(C)C)cc(C(C)(C)C)cc7c6ccc4n5-c4cc(C(C)(C)C)ccn4)cc(-c4c(C(C)C)cccc4C(C)C)c3)c3ccccc32)c([2H])c1[2H].[Pt]. The van der Waals surface area contributed by atoms with Crippen LogP contribution in [0.25, 0.3) is 81.2 Å². The molecule has 7 heteroatoms. The maximum Gasteiger partial charge on any atom is 0.135 e. The van der Waals surface area contributed by atoms with E-state index in [9.17, 15) is 5.48 Å². The summed E-state index contributed by atoms with van der Waals surface area (Å²) in [5, 5.41) is 4.72. The van der Waals surface area contributed by atoms with Gasteiger partial charge in [0, 0.05) is 92.6 Å². The Morgan fingerprint density at radius 2 is 1.05 bits per heavy atom. The minimum Gasteiger partial charge on any atom is -0.509 e. The summed E-state index contributed by atoms with van der Waals surface area (Å²) in [6.07, 6.45) is 1.93. The predicted octanol–water partition coefficient (Wildman–Crippen LogP) is 26.4. The van der Waals surface area contributed by atoms with Gasteiger partial charge in [0.2, 0.25) is 0 Å². The van der Waals surface area contributed by atoms with Crippen molar-refractivity contribution in [2.24, 2.45) is 0 Å². The Kier molecular flexibility index (Phi) is 16.1. The van der Waals surface area contributed by atoms with Gasteiger partial charge < -0.3 is 19.1 Å². The topological polar surface area (TPSA) is 33.5 Å². The molecule has 5 nitrogen and oxygen atoms in total. The first-order valence-corrected chi connectivity index (χ1v) is 35.1. The van der Waals surface area contributed by atoms with Crippen molar-refractivity contribution in [1.29, 1.82) is 0 Å². The van der Waals surface area contributed by atoms with E-state index in [1.54, 1.807) is 0 Å². The van der Waals surface area contributed by atoms with E-state index >= 15 is 0 Å². The summed E-state index contributed by atoms with van der Waals surface area (Å²) in [4.78, 5) is 9.50. The molecule has 13 rings (SSSR count). The molecule has 0 N–H and O–H groups in total. The van der Waals surface area contributed by atoms with Gasteiger partial charge in [0.05, 0.1) is 6.85 Å². The van der Waals surface area contributed by atoms with Crippen molar-refractivity contribution in [3.63, 3.8) is 0 Å². The van der Waals surface area contributed by atoms with Gasteiger partial charge in [-0.05, 0) is 159 Å². The summed E-state index contributed by atoms with van der Waals surface area (Å²) in [7, 11) is 0. The largest absolute Gasteiger partial charge is 0.509 e. The van der Waals surface area contributed by atoms with Crippen LogP contribution >= 0.6 is 11.3 Å². The van der Waals surface area contributed by atoms with E-state index in [4.69, 9.17) is 11.1 Å². The van der Waals surface area contributed by atoms with Gasteiger partial charge in [-0.3, -0.25) is 0 Å². The number of nitrogens with zero attached hydrogens (tertiary/aromatic N) is 4. The van der Waals surface area contributed by atoms with Crippen molar-refractivity contribution in [1.82, 2.24) is 9.55 Å². The average molecular weight is 1480 g/mol. The number of pyridine rings is 1. The maximum absolute atomic E-state index is 9.73. The number of hydrogen-bond donors (Lipinski definition) is 0. The van der Waals surface area contributed by atoms with E-state index < -0.39 is 23.5 Å². The molecule has 0 unspecified atom stereocenters. The van der Waals surface area contributed by atoms with E-state index in [0.29, 0.717) is 28.4 Å². The Hall–Kier alpha value is -7.76. The number of ether oxygens (including phenoxy) is 1. The molecular formula is C90H97N4OPtS-3. The van der Waals surface area contributed by atoms with Gasteiger partial charge in [-0.2, -0.15) is 6.07 Å². The molecule has 1 aliphatic heterocycles. The zero-order chi connectivity index (χ0) is 73.0. The van der Waals surface area contributed by atoms with Crippen molar-refractivity contribution in [2.75, 3.05) is 9.80 Å². The van der Waals surface area contributed by atoms with E-state index in [2.05, 4.69) is 307 Å². The molecule has 9 aromatic carbocycles. The molecule has 0 atom stereocenters. The van der Waals surface area contributed by atoms with Crippen molar-refractivity contribution in [2.45, 2.75) is 197 Å². The standard InChI is InChI=1S/C90H97N4OS.Pt/c1-54(2)67-31-28-32-68(55(3)4)80(67)58-43-64(92-53-93(76-34-27-26-33-75(76)92)82-71(56-29-24-23-25-30-56)46-62(88(14,15)16)47-72(82)57-41-60(86(8,9)10)45-61(42-57)87(11,12)13)51-66(44-58)95-65-35-36-70-78(52-65)94(79-50-59(39-40-91-79)85(5,6)7)77-38-37-69-73-48-63(89(17,18)19)49-74(90(20,21)22)83(73)96-84(69)81(70)77;/h23-50,53-55H,1-22H3;/q-3;/i23D,24D,25D,29D,30D;. The van der Waals surface area contributed by atoms with Crippen LogP contribution in [0.1, 0.15) is 216 Å². The van der Waals surface area contributed by atoms with Crippen LogP contribution in [0, 0.1) is 18.8 Å². The van der Waals surface area contributed by atoms with Crippen molar-refractivity contribution in [3.8, 4) is 50.7 Å². The Bertz CT molecular complexity index is 5260. The number of aromatic nitrogens is 2. The number of hydrogen-bond acceptors (Lipinski definition) is 5. The maximum atomic E-state index is 9.73. The van der Waals surface area contributed by atoms with Crippen molar-refractivity contribution >= 4 is 76.1 Å². The molecular weight excluding hydrogens is 1380 g/mol. The normalized spacial score (nSPS) is 14.2. The second-order valence-electron chi connectivity index (χ2n) is 33.6. The van der Waals surface area contributed by atoms with Gasteiger partial charge in [-0.1, -0.05) is 249 Å². The molecule has 4 heterocycles. The monoisotopic (exact) mass is 1480 g/mol. The molecule has 0 amide bonds. The molecule has 0 fully saturated rings. The van der Waals surface area contributed by atoms with Gasteiger partial charge in [-0.25, -0.2) is 4.98 Å². The molecule has 502 valence electrons. The van der Waals surface area contributed by atoms with Crippen LogP contribution in [-0.2, 0) is 53.6 Å². The molecule has 0 bridgehead atoms. The third kappa shape index (κ3) is 12.9. The van der Waals surface area contributed by atoms with Gasteiger partial charge in [-0.15, -0.1) is 65.0 Å². The summed E-state index contributed by atoms with van der Waals surface area (Å²) < 4.78 is 58.8. The number of anilines is 4. The van der Waals surface area contributed by atoms with Crippen LogP contribution in [-0.4, -0.2) is 9.55 Å². The fraction of sp³-hybridized carbons (Fsp3) is 0.333. The van der Waals surface area contributed by atoms with Crippen molar-refractivity contribution < 1.29 is 32.7 Å². The summed E-state index contributed by atoms with van der Waals surface area (Å²) in [5.74, 6) is 2.15. The van der Waals surface area contributed by atoms with Gasteiger partial charge in [0.1, 0.15) is 5.82 Å². The summed E-state index contributed by atoms with van der Waals surface area (Å²) >= 11 is 1.89. The average Bonchev–Trinajstić information content (AvgIpc) is 1.52. The molecule has 0 radical (unpaired) electrons. The Labute approximate surface area is 604 Å². The minimum atomic E-state index is -0.441. The van der Waals surface area contributed by atoms with Crippen LogP contribution in [0.4, 0.5) is 22.7 Å². The van der Waals surface area contributed by atoms with Gasteiger partial charge >= 0.3 is 0 Å². The molecule has 3 aromatic heterocycles. The Morgan fingerprint density at radius 1 is 0.485 bits per heavy atom. The van der Waals surface area contributed by atoms with Gasteiger partial charge in [0.25, 0.3) is 0 Å². The van der Waals surface area contributed by atoms with Crippen LogP contribution in [0.3, 0.4) is 0 Å². The van der Waals surface area contributed by atoms with Gasteiger partial charge in [0.15, 0.2) is 0 Å². The first kappa shape index (κ1) is 62.7. The molecule has 0 spiro atoms. The smallest absolute Gasteiger partial charge is 0.135 e. The second kappa shape index (κ2) is 24.9. The van der Waals surface area contributed by atoms with E-state index in [0.717, 1.165) is 77.9 Å². The Balaban J connectivity index is 0.00000982. The number of thiophene rings is 1. The first-order valence-electron chi connectivity index (χ1n) is 36.8. The van der Waals surface area contributed by atoms with E-state index in [-0.39, 0.29) is 77.6 Å².